The van der Waals surface area contributed by atoms with Gasteiger partial charge < -0.3 is 5.32 Å². The van der Waals surface area contributed by atoms with E-state index < -0.39 is 0 Å². The first kappa shape index (κ1) is 13.0. The molecule has 1 aromatic rings. The fourth-order valence-corrected chi connectivity index (χ4v) is 2.65. The van der Waals surface area contributed by atoms with Crippen LogP contribution in [0, 0.1) is 11.7 Å². The molecule has 1 aliphatic rings. The van der Waals surface area contributed by atoms with Crippen molar-refractivity contribution in [3.05, 3.63) is 29.8 Å². The Labute approximate surface area is 107 Å². The summed E-state index contributed by atoms with van der Waals surface area (Å²) in [6, 6.07) is 3.07. The van der Waals surface area contributed by atoms with Gasteiger partial charge in [0, 0.05) is 24.6 Å². The maximum absolute atomic E-state index is 13.6. The monoisotopic (exact) mass is 250 g/mol. The molecule has 1 fully saturated rings. The molecule has 98 valence electrons. The van der Waals surface area contributed by atoms with Crippen molar-refractivity contribution in [2.45, 2.75) is 38.5 Å². The van der Waals surface area contributed by atoms with Crippen LogP contribution in [0.15, 0.2) is 18.3 Å². The predicted octanol–water partition coefficient (Wildman–Crippen LogP) is 2.63. The quantitative estimate of drug-likeness (QED) is 0.896. The van der Waals surface area contributed by atoms with E-state index in [1.54, 1.807) is 12.3 Å². The molecule has 18 heavy (non-hydrogen) atoms. The van der Waals surface area contributed by atoms with E-state index in [0.717, 1.165) is 25.7 Å². The Morgan fingerprint density at radius 2 is 2.17 bits per heavy atom. The zero-order chi connectivity index (χ0) is 13.0. The number of rotatable bonds is 3. The lowest BCUT2D eigenvalue weighted by Gasteiger charge is -2.27. The third kappa shape index (κ3) is 2.86. The summed E-state index contributed by atoms with van der Waals surface area (Å²) in [5.74, 6) is 0.168. The number of halogens is 1. The lowest BCUT2D eigenvalue weighted by Crippen LogP contribution is -2.32. The maximum atomic E-state index is 13.6. The van der Waals surface area contributed by atoms with Crippen molar-refractivity contribution in [1.29, 1.82) is 0 Å². The van der Waals surface area contributed by atoms with Gasteiger partial charge in [-0.15, -0.1) is 0 Å². The van der Waals surface area contributed by atoms with Gasteiger partial charge in [-0.25, -0.2) is 4.39 Å². The number of carbonyl (C=O) groups excluding carboxylic acids is 1. The first-order chi connectivity index (χ1) is 8.72. The lowest BCUT2D eigenvalue weighted by atomic mass is 9.80. The average molecular weight is 250 g/mol. The topological polar surface area (TPSA) is 42.0 Å². The molecule has 1 N–H and O–H groups in total. The van der Waals surface area contributed by atoms with E-state index in [4.69, 9.17) is 0 Å². The number of nitrogens with one attached hydrogen (secondary N) is 1. The van der Waals surface area contributed by atoms with Crippen LogP contribution in [-0.4, -0.2) is 17.4 Å². The number of carbonyl (C=O) groups is 1. The summed E-state index contributed by atoms with van der Waals surface area (Å²) >= 11 is 0. The van der Waals surface area contributed by atoms with Gasteiger partial charge in [0.2, 0.25) is 5.91 Å². The van der Waals surface area contributed by atoms with E-state index in [2.05, 4.69) is 10.3 Å². The van der Waals surface area contributed by atoms with Crippen LogP contribution < -0.4 is 5.32 Å². The van der Waals surface area contributed by atoms with Gasteiger partial charge in [0.1, 0.15) is 5.82 Å². The van der Waals surface area contributed by atoms with Gasteiger partial charge in [-0.2, -0.15) is 0 Å². The second-order valence-electron chi connectivity index (χ2n) is 4.81. The molecule has 1 heterocycles. The highest BCUT2D eigenvalue weighted by Crippen LogP contribution is 2.35. The van der Waals surface area contributed by atoms with Crippen molar-refractivity contribution in [2.24, 2.45) is 5.92 Å². The summed E-state index contributed by atoms with van der Waals surface area (Å²) in [4.78, 5) is 15.8. The van der Waals surface area contributed by atoms with Gasteiger partial charge in [0.05, 0.1) is 5.69 Å². The van der Waals surface area contributed by atoms with Gasteiger partial charge in [-0.05, 0) is 44.7 Å². The fourth-order valence-electron chi connectivity index (χ4n) is 2.65. The minimum Gasteiger partial charge on any atom is -0.356 e. The molecular weight excluding hydrogens is 231 g/mol. The average Bonchev–Trinajstić information content (AvgIpc) is 2.40. The molecule has 0 aromatic carbocycles. The summed E-state index contributed by atoms with van der Waals surface area (Å²) < 4.78 is 13.6. The zero-order valence-corrected chi connectivity index (χ0v) is 10.7. The summed E-state index contributed by atoms with van der Waals surface area (Å²) in [6.45, 7) is 2.60. The van der Waals surface area contributed by atoms with Crippen LogP contribution in [0.5, 0.6) is 0 Å². The first-order valence-electron chi connectivity index (χ1n) is 6.60. The van der Waals surface area contributed by atoms with Gasteiger partial charge >= 0.3 is 0 Å². The van der Waals surface area contributed by atoms with Crippen LogP contribution in [0.4, 0.5) is 4.39 Å². The summed E-state index contributed by atoms with van der Waals surface area (Å²) in [5, 5.41) is 2.85. The minimum atomic E-state index is -0.223. The van der Waals surface area contributed by atoms with E-state index in [0.29, 0.717) is 12.2 Å². The summed E-state index contributed by atoms with van der Waals surface area (Å²) in [6.07, 6.45) is 4.97. The van der Waals surface area contributed by atoms with Gasteiger partial charge in [-0.3, -0.25) is 9.78 Å². The van der Waals surface area contributed by atoms with Gasteiger partial charge in [0.25, 0.3) is 0 Å². The number of pyridine rings is 1. The van der Waals surface area contributed by atoms with Crippen molar-refractivity contribution in [3.63, 3.8) is 0 Å². The molecule has 1 saturated carbocycles. The number of nitrogens with zero attached hydrogens (tertiary/aromatic N) is 1. The second-order valence-corrected chi connectivity index (χ2v) is 4.81. The fraction of sp³-hybridized carbons (Fsp3) is 0.571. The van der Waals surface area contributed by atoms with Crippen molar-refractivity contribution < 1.29 is 9.18 Å². The Kier molecular flexibility index (Phi) is 4.28. The largest absolute Gasteiger partial charge is 0.356 e. The van der Waals surface area contributed by atoms with E-state index in [9.17, 15) is 9.18 Å². The molecule has 0 spiro atoms. The van der Waals surface area contributed by atoms with E-state index in [1.165, 1.54) is 6.07 Å². The number of aromatic nitrogens is 1. The van der Waals surface area contributed by atoms with Crippen LogP contribution >= 0.6 is 0 Å². The molecule has 0 aliphatic heterocycles. The summed E-state index contributed by atoms with van der Waals surface area (Å²) in [7, 11) is 0. The molecule has 0 radical (unpaired) electrons. The normalized spacial score (nSPS) is 23.7. The third-order valence-electron chi connectivity index (χ3n) is 3.62. The molecule has 2 rings (SSSR count). The Bertz CT molecular complexity index is 414. The molecule has 0 unspecified atom stereocenters. The Hall–Kier alpha value is -1.45. The predicted molar refractivity (Wildman–Crippen MR) is 67.6 cm³/mol. The highest BCUT2D eigenvalue weighted by Gasteiger charge is 2.28. The minimum absolute atomic E-state index is 0.0907. The van der Waals surface area contributed by atoms with Crippen LogP contribution in [0.2, 0.25) is 0 Å². The van der Waals surface area contributed by atoms with Crippen molar-refractivity contribution in [3.8, 4) is 0 Å². The van der Waals surface area contributed by atoms with Crippen LogP contribution in [0.3, 0.4) is 0 Å². The van der Waals surface area contributed by atoms with Crippen molar-refractivity contribution in [2.75, 3.05) is 6.54 Å². The summed E-state index contributed by atoms with van der Waals surface area (Å²) in [5.41, 5.74) is 0.562. The van der Waals surface area contributed by atoms with Crippen molar-refractivity contribution in [1.82, 2.24) is 10.3 Å². The number of hydrogen-bond donors (Lipinski definition) is 1. The van der Waals surface area contributed by atoms with Gasteiger partial charge in [0.15, 0.2) is 0 Å². The molecular formula is C14H19FN2O. The van der Waals surface area contributed by atoms with E-state index >= 15 is 0 Å². The Morgan fingerprint density at radius 1 is 1.44 bits per heavy atom. The smallest absolute Gasteiger partial charge is 0.223 e. The van der Waals surface area contributed by atoms with Gasteiger partial charge in [-0.1, -0.05) is 0 Å². The standard InChI is InChI=1S/C14H19FN2O/c1-2-16-14(18)11-7-5-10(6-8-11)13-12(15)4-3-9-17-13/h3-4,9-11H,2,5-8H2,1H3,(H,16,18)/t10-,11-. The highest BCUT2D eigenvalue weighted by molar-refractivity contribution is 5.78. The molecule has 1 aliphatic carbocycles. The SMILES string of the molecule is CCNC(=O)[C@H]1CC[C@H](c2ncccc2F)CC1. The van der Waals surface area contributed by atoms with Crippen LogP contribution in [0.1, 0.15) is 44.2 Å². The number of hydrogen-bond acceptors (Lipinski definition) is 2. The zero-order valence-electron chi connectivity index (χ0n) is 10.7. The molecule has 3 nitrogen and oxygen atoms in total. The Balaban J connectivity index is 1.95. The molecule has 0 atom stereocenters. The molecule has 4 heteroatoms. The Morgan fingerprint density at radius 3 is 2.78 bits per heavy atom. The van der Waals surface area contributed by atoms with Crippen LogP contribution in [-0.2, 0) is 4.79 Å². The van der Waals surface area contributed by atoms with Crippen molar-refractivity contribution >= 4 is 5.91 Å². The molecule has 1 aromatic heterocycles. The molecule has 0 saturated heterocycles. The maximum Gasteiger partial charge on any atom is 0.223 e. The number of amides is 1. The molecule has 0 bridgehead atoms. The highest BCUT2D eigenvalue weighted by atomic mass is 19.1. The lowest BCUT2D eigenvalue weighted by molar-refractivity contribution is -0.125. The second kappa shape index (κ2) is 5.94. The third-order valence-corrected chi connectivity index (χ3v) is 3.62. The van der Waals surface area contributed by atoms with E-state index in [1.807, 2.05) is 6.92 Å². The first-order valence-corrected chi connectivity index (χ1v) is 6.60. The van der Waals surface area contributed by atoms with Crippen LogP contribution in [0.25, 0.3) is 0 Å². The van der Waals surface area contributed by atoms with E-state index in [-0.39, 0.29) is 23.6 Å². The molecule has 1 amide bonds.